The van der Waals surface area contributed by atoms with Crippen LogP contribution >= 0.6 is 11.3 Å². The molecule has 26 heavy (non-hydrogen) atoms. The molecular formula is C18H16F2N4OS. The molecule has 3 aromatic rings. The van der Waals surface area contributed by atoms with Crippen molar-refractivity contribution < 1.29 is 13.6 Å². The van der Waals surface area contributed by atoms with Gasteiger partial charge in [-0.2, -0.15) is 0 Å². The third-order valence-electron chi connectivity index (χ3n) is 3.53. The van der Waals surface area contributed by atoms with Crippen molar-refractivity contribution in [2.45, 2.75) is 19.9 Å². The standard InChI is InChI=1S/C18H16F2N4OS/c1-11-4-5-21-16(6-11)24-18-23-14(10-26-18)8-17(25)22-9-12-2-3-13(19)7-15(12)20/h2-7,10H,8-9H2,1H3,(H,22,25)(H,21,23,24). The maximum absolute atomic E-state index is 13.6. The number of anilines is 2. The van der Waals surface area contributed by atoms with Crippen LogP contribution in [0.2, 0.25) is 0 Å². The van der Waals surface area contributed by atoms with Gasteiger partial charge in [-0.25, -0.2) is 18.7 Å². The third-order valence-corrected chi connectivity index (χ3v) is 4.34. The van der Waals surface area contributed by atoms with Crippen LogP contribution in [0.3, 0.4) is 0 Å². The summed E-state index contributed by atoms with van der Waals surface area (Å²) in [7, 11) is 0. The molecule has 0 aliphatic heterocycles. The summed E-state index contributed by atoms with van der Waals surface area (Å²) < 4.78 is 26.4. The molecule has 134 valence electrons. The van der Waals surface area contributed by atoms with Gasteiger partial charge in [0.25, 0.3) is 0 Å². The minimum absolute atomic E-state index is 0.00654. The molecule has 0 spiro atoms. The molecule has 2 heterocycles. The summed E-state index contributed by atoms with van der Waals surface area (Å²) in [5.41, 5.74) is 1.90. The lowest BCUT2D eigenvalue weighted by atomic mass is 10.2. The van der Waals surface area contributed by atoms with E-state index in [0.29, 0.717) is 16.6 Å². The molecular weight excluding hydrogens is 358 g/mol. The van der Waals surface area contributed by atoms with E-state index in [0.717, 1.165) is 17.7 Å². The van der Waals surface area contributed by atoms with Crippen molar-refractivity contribution in [2.24, 2.45) is 0 Å². The Morgan fingerprint density at radius 2 is 2.08 bits per heavy atom. The molecule has 8 heteroatoms. The summed E-state index contributed by atoms with van der Waals surface area (Å²) in [5, 5.41) is 8.10. The number of nitrogens with one attached hydrogen (secondary N) is 2. The van der Waals surface area contributed by atoms with E-state index in [4.69, 9.17) is 0 Å². The number of halogens is 2. The van der Waals surface area contributed by atoms with Crippen molar-refractivity contribution in [1.82, 2.24) is 15.3 Å². The van der Waals surface area contributed by atoms with E-state index in [1.165, 1.54) is 17.4 Å². The van der Waals surface area contributed by atoms with Gasteiger partial charge in [0, 0.05) is 29.8 Å². The SMILES string of the molecule is Cc1ccnc(Nc2nc(CC(=O)NCc3ccc(F)cc3F)cs2)c1. The number of thiazole rings is 1. The average Bonchev–Trinajstić information content (AvgIpc) is 3.01. The van der Waals surface area contributed by atoms with Gasteiger partial charge in [0.1, 0.15) is 17.5 Å². The number of hydrogen-bond donors (Lipinski definition) is 2. The second-order valence-electron chi connectivity index (χ2n) is 5.68. The summed E-state index contributed by atoms with van der Waals surface area (Å²) in [6.07, 6.45) is 1.77. The molecule has 0 radical (unpaired) electrons. The van der Waals surface area contributed by atoms with Gasteiger partial charge in [-0.05, 0) is 30.7 Å². The van der Waals surface area contributed by atoms with Gasteiger partial charge in [0.05, 0.1) is 12.1 Å². The van der Waals surface area contributed by atoms with Crippen LogP contribution in [-0.4, -0.2) is 15.9 Å². The Kier molecular flexibility index (Phi) is 5.52. The summed E-state index contributed by atoms with van der Waals surface area (Å²) in [5.74, 6) is -0.944. The van der Waals surface area contributed by atoms with Gasteiger partial charge >= 0.3 is 0 Å². The van der Waals surface area contributed by atoms with Crippen molar-refractivity contribution in [2.75, 3.05) is 5.32 Å². The Morgan fingerprint density at radius 3 is 2.85 bits per heavy atom. The van der Waals surface area contributed by atoms with Crippen molar-refractivity contribution in [3.8, 4) is 0 Å². The Balaban J connectivity index is 1.54. The molecule has 1 aromatic carbocycles. The first-order valence-corrected chi connectivity index (χ1v) is 8.72. The quantitative estimate of drug-likeness (QED) is 0.690. The maximum Gasteiger partial charge on any atom is 0.226 e. The molecule has 2 aromatic heterocycles. The average molecular weight is 374 g/mol. The summed E-state index contributed by atoms with van der Waals surface area (Å²) in [6.45, 7) is 1.96. The van der Waals surface area contributed by atoms with Crippen molar-refractivity contribution in [3.05, 3.63) is 70.4 Å². The highest BCUT2D eigenvalue weighted by atomic mass is 32.1. The van der Waals surface area contributed by atoms with Crippen molar-refractivity contribution >= 4 is 28.2 Å². The number of pyridine rings is 1. The van der Waals surface area contributed by atoms with Crippen LogP contribution < -0.4 is 10.6 Å². The number of hydrogen-bond acceptors (Lipinski definition) is 5. The lowest BCUT2D eigenvalue weighted by Gasteiger charge is -2.05. The number of carbonyl (C=O) groups excluding carboxylic acids is 1. The summed E-state index contributed by atoms with van der Waals surface area (Å²) in [6, 6.07) is 7.05. The van der Waals surface area contributed by atoms with Crippen LogP contribution in [0.25, 0.3) is 0 Å². The Morgan fingerprint density at radius 1 is 1.23 bits per heavy atom. The van der Waals surface area contributed by atoms with Gasteiger partial charge in [-0.15, -0.1) is 11.3 Å². The van der Waals surface area contributed by atoms with Crippen molar-refractivity contribution in [1.29, 1.82) is 0 Å². The Bertz CT molecular complexity index is 929. The first-order chi connectivity index (χ1) is 12.5. The lowest BCUT2D eigenvalue weighted by molar-refractivity contribution is -0.120. The largest absolute Gasteiger partial charge is 0.352 e. The lowest BCUT2D eigenvalue weighted by Crippen LogP contribution is -2.25. The molecule has 0 aliphatic rings. The van der Waals surface area contributed by atoms with E-state index in [-0.39, 0.29) is 24.4 Å². The molecule has 3 rings (SSSR count). The van der Waals surface area contributed by atoms with E-state index in [1.54, 1.807) is 11.6 Å². The van der Waals surface area contributed by atoms with E-state index in [2.05, 4.69) is 20.6 Å². The fourth-order valence-corrected chi connectivity index (χ4v) is 2.96. The van der Waals surface area contributed by atoms with Crippen molar-refractivity contribution in [3.63, 3.8) is 0 Å². The highest BCUT2D eigenvalue weighted by Gasteiger charge is 2.10. The third kappa shape index (κ3) is 4.82. The van der Waals surface area contributed by atoms with Crippen LogP contribution in [0.15, 0.2) is 41.9 Å². The minimum Gasteiger partial charge on any atom is -0.352 e. The molecule has 0 atom stereocenters. The zero-order chi connectivity index (χ0) is 18.5. The van der Waals surface area contributed by atoms with Gasteiger partial charge < -0.3 is 10.6 Å². The number of benzene rings is 1. The predicted molar refractivity (Wildman–Crippen MR) is 96.3 cm³/mol. The van der Waals surface area contributed by atoms with Crippen LogP contribution in [0.5, 0.6) is 0 Å². The molecule has 2 N–H and O–H groups in total. The predicted octanol–water partition coefficient (Wildman–Crippen LogP) is 3.73. The molecule has 0 aliphatic carbocycles. The summed E-state index contributed by atoms with van der Waals surface area (Å²) >= 11 is 1.37. The normalized spacial score (nSPS) is 10.6. The van der Waals surface area contributed by atoms with Gasteiger partial charge in [0.15, 0.2) is 5.13 Å². The molecule has 0 fully saturated rings. The molecule has 0 unspecified atom stereocenters. The van der Waals surface area contributed by atoms with Crippen LogP contribution in [0.1, 0.15) is 16.8 Å². The number of nitrogens with zero attached hydrogens (tertiary/aromatic N) is 2. The van der Waals surface area contributed by atoms with Crippen LogP contribution in [-0.2, 0) is 17.8 Å². The monoisotopic (exact) mass is 374 g/mol. The Labute approximate surface area is 153 Å². The van der Waals surface area contributed by atoms with Gasteiger partial charge in [-0.3, -0.25) is 4.79 Å². The fourth-order valence-electron chi connectivity index (χ4n) is 2.25. The van der Waals surface area contributed by atoms with Gasteiger partial charge in [0.2, 0.25) is 5.91 Å². The number of amides is 1. The zero-order valence-electron chi connectivity index (χ0n) is 13.9. The first-order valence-electron chi connectivity index (χ1n) is 7.84. The van der Waals surface area contributed by atoms with Crippen LogP contribution in [0.4, 0.5) is 19.7 Å². The number of aryl methyl sites for hydroxylation is 1. The highest BCUT2D eigenvalue weighted by molar-refractivity contribution is 7.13. The molecule has 0 bridgehead atoms. The van der Waals surface area contributed by atoms with E-state index < -0.39 is 11.6 Å². The second-order valence-corrected chi connectivity index (χ2v) is 6.53. The number of aromatic nitrogens is 2. The van der Waals surface area contributed by atoms with E-state index in [9.17, 15) is 13.6 Å². The second kappa shape index (κ2) is 8.01. The topological polar surface area (TPSA) is 66.9 Å². The van der Waals surface area contributed by atoms with Crippen LogP contribution in [0, 0.1) is 18.6 Å². The number of carbonyl (C=O) groups is 1. The van der Waals surface area contributed by atoms with E-state index in [1.807, 2.05) is 19.1 Å². The maximum atomic E-state index is 13.6. The molecule has 0 saturated heterocycles. The fraction of sp³-hybridized carbons (Fsp3) is 0.167. The Hall–Kier alpha value is -2.87. The molecule has 1 amide bonds. The molecule has 5 nitrogen and oxygen atoms in total. The minimum atomic E-state index is -0.684. The van der Waals surface area contributed by atoms with E-state index >= 15 is 0 Å². The zero-order valence-corrected chi connectivity index (χ0v) is 14.7. The molecule has 0 saturated carbocycles. The smallest absolute Gasteiger partial charge is 0.226 e. The highest BCUT2D eigenvalue weighted by Crippen LogP contribution is 2.20. The summed E-state index contributed by atoms with van der Waals surface area (Å²) in [4.78, 5) is 20.5. The first kappa shape index (κ1) is 17.9. The number of rotatable bonds is 6. The van der Waals surface area contributed by atoms with Gasteiger partial charge in [-0.1, -0.05) is 6.07 Å².